The lowest BCUT2D eigenvalue weighted by Crippen LogP contribution is -2.10. The van der Waals surface area contributed by atoms with E-state index in [-0.39, 0.29) is 5.75 Å². The van der Waals surface area contributed by atoms with E-state index in [1.807, 2.05) is 7.05 Å². The molecular weight excluding hydrogens is 169 g/mol. The molecule has 3 heteroatoms. The molecule has 0 unspecified atom stereocenters. The molecule has 2 N–H and O–H groups in total. The van der Waals surface area contributed by atoms with Gasteiger partial charge in [-0.05, 0) is 43.3 Å². The maximum atomic E-state index is 12.3. The van der Waals surface area contributed by atoms with E-state index in [0.717, 1.165) is 18.5 Å². The van der Waals surface area contributed by atoms with E-state index >= 15 is 0 Å². The normalized spacial score (nSPS) is 10.3. The predicted octanol–water partition coefficient (Wildman–Crippen LogP) is 1.62. The summed E-state index contributed by atoms with van der Waals surface area (Å²) in [4.78, 5) is 0. The molecule has 72 valence electrons. The van der Waals surface area contributed by atoms with Crippen molar-refractivity contribution < 1.29 is 9.50 Å². The van der Waals surface area contributed by atoms with Crippen molar-refractivity contribution in [3.8, 4) is 5.75 Å². The molecule has 13 heavy (non-hydrogen) atoms. The van der Waals surface area contributed by atoms with Crippen molar-refractivity contribution >= 4 is 0 Å². The molecule has 2 nitrogen and oxygen atoms in total. The smallest absolute Gasteiger partial charge is 0.118 e. The minimum absolute atomic E-state index is 0.243. The van der Waals surface area contributed by atoms with Gasteiger partial charge in [0.1, 0.15) is 12.4 Å². The van der Waals surface area contributed by atoms with E-state index in [1.54, 1.807) is 18.2 Å². The summed E-state index contributed by atoms with van der Waals surface area (Å²) >= 11 is 0. The van der Waals surface area contributed by atoms with Gasteiger partial charge in [0.2, 0.25) is 0 Å². The number of rotatable bonds is 4. The highest BCUT2D eigenvalue weighted by atomic mass is 19.1. The highest BCUT2D eigenvalue weighted by Gasteiger charge is 2.01. The van der Waals surface area contributed by atoms with Crippen LogP contribution in [0.1, 0.15) is 11.1 Å². The van der Waals surface area contributed by atoms with Crippen molar-refractivity contribution in [1.29, 1.82) is 0 Å². The molecule has 0 radical (unpaired) electrons. The van der Waals surface area contributed by atoms with Crippen LogP contribution >= 0.6 is 0 Å². The van der Waals surface area contributed by atoms with Gasteiger partial charge < -0.3 is 10.4 Å². The monoisotopic (exact) mass is 183 g/mol. The van der Waals surface area contributed by atoms with Crippen LogP contribution in [0.4, 0.5) is 4.39 Å². The van der Waals surface area contributed by atoms with E-state index < -0.39 is 6.67 Å². The van der Waals surface area contributed by atoms with E-state index in [0.29, 0.717) is 5.56 Å². The van der Waals surface area contributed by atoms with Crippen molar-refractivity contribution in [2.75, 3.05) is 13.6 Å². The molecule has 0 aliphatic heterocycles. The summed E-state index contributed by atoms with van der Waals surface area (Å²) < 4.78 is 12.3. The molecule has 1 aromatic rings. The summed E-state index contributed by atoms with van der Waals surface area (Å²) in [6, 6.07) is 4.84. The summed E-state index contributed by atoms with van der Waals surface area (Å²) in [6.07, 6.45) is 0.718. The number of halogens is 1. The Morgan fingerprint density at radius 1 is 1.46 bits per heavy atom. The minimum Gasteiger partial charge on any atom is -0.508 e. The summed E-state index contributed by atoms with van der Waals surface area (Å²) in [5, 5.41) is 12.4. The van der Waals surface area contributed by atoms with Crippen LogP contribution in [0.25, 0.3) is 0 Å². The van der Waals surface area contributed by atoms with Crippen LogP contribution in [-0.2, 0) is 13.1 Å². The zero-order valence-electron chi connectivity index (χ0n) is 7.68. The van der Waals surface area contributed by atoms with Crippen molar-refractivity contribution in [3.05, 3.63) is 29.3 Å². The molecule has 0 amide bonds. The molecule has 0 saturated carbocycles. The van der Waals surface area contributed by atoms with Crippen LogP contribution in [0, 0.1) is 0 Å². The zero-order valence-corrected chi connectivity index (χ0v) is 7.68. The van der Waals surface area contributed by atoms with Crippen molar-refractivity contribution in [1.82, 2.24) is 5.32 Å². The molecule has 0 fully saturated rings. The number of aromatic hydroxyl groups is 1. The summed E-state index contributed by atoms with van der Waals surface area (Å²) in [5.74, 6) is 0.243. The predicted molar refractivity (Wildman–Crippen MR) is 50.5 cm³/mol. The van der Waals surface area contributed by atoms with Gasteiger partial charge in [-0.15, -0.1) is 0 Å². The van der Waals surface area contributed by atoms with Gasteiger partial charge in [-0.1, -0.05) is 6.07 Å². The number of alkyl halides is 1. The molecule has 1 rings (SSSR count). The lowest BCUT2D eigenvalue weighted by Gasteiger charge is -2.05. The highest BCUT2D eigenvalue weighted by Crippen LogP contribution is 2.19. The minimum atomic E-state index is -0.479. The molecule has 0 saturated heterocycles. The van der Waals surface area contributed by atoms with Crippen LogP contribution in [0.5, 0.6) is 5.75 Å². The molecule has 0 aliphatic rings. The zero-order chi connectivity index (χ0) is 9.68. The third-order valence-corrected chi connectivity index (χ3v) is 1.94. The lowest BCUT2D eigenvalue weighted by atomic mass is 10.1. The Morgan fingerprint density at radius 2 is 2.23 bits per heavy atom. The van der Waals surface area contributed by atoms with Gasteiger partial charge in [-0.25, -0.2) is 4.39 Å². The van der Waals surface area contributed by atoms with Gasteiger partial charge >= 0.3 is 0 Å². The quantitative estimate of drug-likeness (QED) is 0.743. The molecule has 1 aromatic carbocycles. The van der Waals surface area contributed by atoms with E-state index in [9.17, 15) is 9.50 Å². The summed E-state index contributed by atoms with van der Waals surface area (Å²) in [5.41, 5.74) is 1.41. The van der Waals surface area contributed by atoms with E-state index in [1.165, 1.54) is 0 Å². The lowest BCUT2D eigenvalue weighted by molar-refractivity contribution is 0.462. The number of benzene rings is 1. The molecule has 0 aliphatic carbocycles. The molecule has 0 aromatic heterocycles. The van der Waals surface area contributed by atoms with Gasteiger partial charge in [0.05, 0.1) is 0 Å². The van der Waals surface area contributed by atoms with Crippen molar-refractivity contribution in [2.24, 2.45) is 0 Å². The largest absolute Gasteiger partial charge is 0.508 e. The summed E-state index contributed by atoms with van der Waals surface area (Å²) in [7, 11) is 1.84. The molecular formula is C10H14FNO. The Bertz CT molecular complexity index is 276. The van der Waals surface area contributed by atoms with Crippen LogP contribution in [0.2, 0.25) is 0 Å². The molecule has 0 atom stereocenters. The average Bonchev–Trinajstić information content (AvgIpc) is 2.17. The maximum absolute atomic E-state index is 12.3. The van der Waals surface area contributed by atoms with Crippen LogP contribution in [-0.4, -0.2) is 18.7 Å². The first-order chi connectivity index (χ1) is 6.27. The third kappa shape index (κ3) is 2.70. The van der Waals surface area contributed by atoms with Crippen molar-refractivity contribution in [3.63, 3.8) is 0 Å². The number of likely N-dealkylation sites (N-methyl/N-ethyl adjacent to an activating group) is 1. The Balaban J connectivity index is 2.78. The number of hydrogen-bond donors (Lipinski definition) is 2. The second-order valence-electron chi connectivity index (χ2n) is 2.95. The second-order valence-corrected chi connectivity index (χ2v) is 2.95. The molecule has 0 spiro atoms. The number of nitrogens with one attached hydrogen (secondary N) is 1. The first kappa shape index (κ1) is 9.99. The molecule has 0 bridgehead atoms. The van der Waals surface area contributed by atoms with Gasteiger partial charge in [0.15, 0.2) is 0 Å². The fourth-order valence-electron chi connectivity index (χ4n) is 1.18. The fourth-order valence-corrected chi connectivity index (χ4v) is 1.18. The van der Waals surface area contributed by atoms with Gasteiger partial charge in [-0.2, -0.15) is 0 Å². The number of hydrogen-bond acceptors (Lipinski definition) is 2. The topological polar surface area (TPSA) is 32.3 Å². The fraction of sp³-hybridized carbons (Fsp3) is 0.400. The van der Waals surface area contributed by atoms with E-state index in [2.05, 4.69) is 5.32 Å². The second kappa shape index (κ2) is 4.82. The van der Waals surface area contributed by atoms with Crippen LogP contribution in [0.15, 0.2) is 18.2 Å². The third-order valence-electron chi connectivity index (χ3n) is 1.94. The summed E-state index contributed by atoms with van der Waals surface area (Å²) in [6.45, 7) is 0.302. The maximum Gasteiger partial charge on any atom is 0.118 e. The van der Waals surface area contributed by atoms with Crippen LogP contribution in [0.3, 0.4) is 0 Å². The van der Waals surface area contributed by atoms with Crippen molar-refractivity contribution in [2.45, 2.75) is 13.1 Å². The van der Waals surface area contributed by atoms with Gasteiger partial charge in [0, 0.05) is 0 Å². The van der Waals surface area contributed by atoms with Gasteiger partial charge in [-0.3, -0.25) is 0 Å². The van der Waals surface area contributed by atoms with E-state index in [4.69, 9.17) is 0 Å². The SMILES string of the molecule is CNCCc1cc(CF)ccc1O. The standard InChI is InChI=1S/C10H14FNO/c1-12-5-4-9-6-8(7-11)2-3-10(9)13/h2-3,6,12-13H,4-5,7H2,1H3. The Kier molecular flexibility index (Phi) is 3.71. The number of phenols is 1. The Morgan fingerprint density at radius 3 is 2.85 bits per heavy atom. The highest BCUT2D eigenvalue weighted by molar-refractivity contribution is 5.36. The Labute approximate surface area is 77.4 Å². The van der Waals surface area contributed by atoms with Gasteiger partial charge in [0.25, 0.3) is 0 Å². The Hall–Kier alpha value is -1.09. The average molecular weight is 183 g/mol. The first-order valence-corrected chi connectivity index (χ1v) is 4.29. The first-order valence-electron chi connectivity index (χ1n) is 4.29. The number of phenolic OH excluding ortho intramolecular Hbond substituents is 1. The molecule has 0 heterocycles. The van der Waals surface area contributed by atoms with Crippen LogP contribution < -0.4 is 5.32 Å².